The van der Waals surface area contributed by atoms with Crippen LogP contribution in [0, 0.1) is 20.8 Å². The number of fused-ring (bicyclic) bond motifs is 1. The van der Waals surface area contributed by atoms with Gasteiger partial charge in [0.05, 0.1) is 12.3 Å². The van der Waals surface area contributed by atoms with Gasteiger partial charge in [-0.3, -0.25) is 5.43 Å². The van der Waals surface area contributed by atoms with E-state index < -0.39 is 11.6 Å². The molecule has 0 unspecified atom stereocenters. The molecule has 2 N–H and O–H groups in total. The third-order valence-electron chi connectivity index (χ3n) is 5.11. The Labute approximate surface area is 200 Å². The van der Waals surface area contributed by atoms with Crippen molar-refractivity contribution in [3.8, 4) is 11.5 Å². The molecule has 0 aliphatic carbocycles. The summed E-state index contributed by atoms with van der Waals surface area (Å²) in [5.41, 5.74) is 8.52. The number of esters is 1. The fourth-order valence-corrected chi connectivity index (χ4v) is 3.97. The average molecular weight is 470 g/mol. The van der Waals surface area contributed by atoms with Gasteiger partial charge < -0.3 is 19.5 Å². The second-order valence-electron chi connectivity index (χ2n) is 8.69. The minimum atomic E-state index is -0.431. The molecule has 0 saturated carbocycles. The van der Waals surface area contributed by atoms with E-state index in [1.54, 1.807) is 13.0 Å². The zero-order valence-electron chi connectivity index (χ0n) is 20.0. The number of benzene rings is 2. The first-order valence-corrected chi connectivity index (χ1v) is 11.3. The molecule has 8 heteroatoms. The number of nitrogens with zero attached hydrogens (tertiary/aromatic N) is 1. The molecule has 1 aliphatic heterocycles. The van der Waals surface area contributed by atoms with Crippen molar-refractivity contribution in [3.63, 3.8) is 0 Å². The van der Waals surface area contributed by atoms with E-state index in [1.807, 2.05) is 39.8 Å². The predicted molar refractivity (Wildman–Crippen MR) is 134 cm³/mol. The van der Waals surface area contributed by atoms with E-state index in [1.165, 1.54) is 5.56 Å². The van der Waals surface area contributed by atoms with Crippen LogP contribution in [0.25, 0.3) is 0 Å². The summed E-state index contributed by atoms with van der Waals surface area (Å²) in [6, 6.07) is 9.62. The van der Waals surface area contributed by atoms with E-state index >= 15 is 0 Å². The summed E-state index contributed by atoms with van der Waals surface area (Å²) in [5.74, 6) is 0.810. The van der Waals surface area contributed by atoms with Crippen molar-refractivity contribution >= 4 is 34.7 Å². The van der Waals surface area contributed by atoms with Crippen LogP contribution in [-0.4, -0.2) is 35.6 Å². The van der Waals surface area contributed by atoms with E-state index in [4.69, 9.17) is 26.4 Å². The van der Waals surface area contributed by atoms with E-state index in [9.17, 15) is 4.79 Å². The first-order valence-electron chi connectivity index (χ1n) is 10.9. The van der Waals surface area contributed by atoms with Crippen LogP contribution in [0.2, 0.25) is 0 Å². The summed E-state index contributed by atoms with van der Waals surface area (Å²) in [6.07, 6.45) is 0.569. The highest BCUT2D eigenvalue weighted by atomic mass is 32.1. The smallest absolute Gasteiger partial charge is 0.344 e. The van der Waals surface area contributed by atoms with Crippen LogP contribution < -0.4 is 20.2 Å². The van der Waals surface area contributed by atoms with E-state index in [0.29, 0.717) is 29.6 Å². The monoisotopic (exact) mass is 469 g/mol. The van der Waals surface area contributed by atoms with Gasteiger partial charge in [-0.15, -0.1) is 0 Å². The fourth-order valence-electron chi connectivity index (χ4n) is 3.83. The molecule has 0 saturated heterocycles. The molecule has 2 aromatic carbocycles. The lowest BCUT2D eigenvalue weighted by atomic mass is 9.92. The Morgan fingerprint density at radius 2 is 1.88 bits per heavy atom. The minimum absolute atomic E-state index is 0.160. The first-order chi connectivity index (χ1) is 15.6. The number of carbonyl (C=O) groups is 1. The maximum atomic E-state index is 11.6. The highest BCUT2D eigenvalue weighted by Crippen LogP contribution is 2.35. The quantitative estimate of drug-likeness (QED) is 0.357. The number of thiocarbonyl (C=S) groups is 1. The summed E-state index contributed by atoms with van der Waals surface area (Å²) in [6.45, 7) is 12.1. The molecule has 0 atom stereocenters. The Balaban J connectivity index is 1.79. The van der Waals surface area contributed by atoms with Gasteiger partial charge in [0.15, 0.2) is 11.7 Å². The lowest BCUT2D eigenvalue weighted by Gasteiger charge is -2.33. The van der Waals surface area contributed by atoms with Gasteiger partial charge in [0.1, 0.15) is 17.1 Å². The van der Waals surface area contributed by atoms with Gasteiger partial charge in [-0.1, -0.05) is 17.7 Å². The van der Waals surface area contributed by atoms with Crippen LogP contribution in [-0.2, 0) is 9.53 Å². The number of nitrogens with one attached hydrogen (secondary N) is 2. The van der Waals surface area contributed by atoms with Crippen LogP contribution in [0.5, 0.6) is 11.5 Å². The highest BCUT2D eigenvalue weighted by molar-refractivity contribution is 7.80. The van der Waals surface area contributed by atoms with Crippen molar-refractivity contribution in [1.82, 2.24) is 5.43 Å². The lowest BCUT2D eigenvalue weighted by molar-refractivity contribution is -0.145. The molecular weight excluding hydrogens is 438 g/mol. The van der Waals surface area contributed by atoms with E-state index in [0.717, 1.165) is 28.1 Å². The number of hydrazone groups is 1. The van der Waals surface area contributed by atoms with Crippen LogP contribution >= 0.6 is 12.2 Å². The fraction of sp³-hybridized carbons (Fsp3) is 0.400. The molecule has 33 heavy (non-hydrogen) atoms. The molecule has 7 nitrogen and oxygen atoms in total. The lowest BCUT2D eigenvalue weighted by Crippen LogP contribution is -2.37. The van der Waals surface area contributed by atoms with Crippen LogP contribution in [0.3, 0.4) is 0 Å². The molecule has 3 rings (SSSR count). The van der Waals surface area contributed by atoms with Crippen LogP contribution in [0.15, 0.2) is 35.4 Å². The summed E-state index contributed by atoms with van der Waals surface area (Å²) >= 11 is 5.50. The Kier molecular flexibility index (Phi) is 7.58. The van der Waals surface area contributed by atoms with E-state index in [-0.39, 0.29) is 6.61 Å². The summed E-state index contributed by atoms with van der Waals surface area (Å²) in [4.78, 5) is 11.6. The van der Waals surface area contributed by atoms with Gasteiger partial charge in [-0.05, 0) is 83.1 Å². The van der Waals surface area contributed by atoms with Gasteiger partial charge in [0.25, 0.3) is 0 Å². The molecule has 0 radical (unpaired) electrons. The minimum Gasteiger partial charge on any atom is -0.487 e. The van der Waals surface area contributed by atoms with Crippen LogP contribution in [0.1, 0.15) is 49.4 Å². The number of rotatable bonds is 6. The number of ether oxygens (including phenoxy) is 3. The maximum Gasteiger partial charge on any atom is 0.344 e. The molecule has 0 bridgehead atoms. The van der Waals surface area contributed by atoms with Crippen molar-refractivity contribution in [2.45, 2.75) is 53.6 Å². The summed E-state index contributed by atoms with van der Waals surface area (Å²) < 4.78 is 16.6. The van der Waals surface area contributed by atoms with Gasteiger partial charge in [0, 0.05) is 17.7 Å². The average Bonchev–Trinajstić information content (AvgIpc) is 2.72. The molecule has 1 aliphatic rings. The van der Waals surface area contributed by atoms with Crippen molar-refractivity contribution in [3.05, 3.63) is 52.6 Å². The number of aryl methyl sites for hydroxylation is 3. The number of hydrogen-bond acceptors (Lipinski definition) is 6. The SMILES string of the molecule is CCOC(=O)COc1ccc2c(c1)/C(=N/NC(=S)Nc1c(C)cc(C)cc1C)CC(C)(C)O2. The third kappa shape index (κ3) is 6.44. The Hall–Kier alpha value is -3.13. The first kappa shape index (κ1) is 24.5. The van der Waals surface area contributed by atoms with Crippen molar-refractivity contribution in [2.75, 3.05) is 18.5 Å². The van der Waals surface area contributed by atoms with Crippen molar-refractivity contribution < 1.29 is 19.0 Å². The highest BCUT2D eigenvalue weighted by Gasteiger charge is 2.31. The Morgan fingerprint density at radius 3 is 2.55 bits per heavy atom. The largest absolute Gasteiger partial charge is 0.487 e. The topological polar surface area (TPSA) is 81.2 Å². The van der Waals surface area contributed by atoms with Gasteiger partial charge in [-0.2, -0.15) is 5.10 Å². The zero-order valence-corrected chi connectivity index (χ0v) is 20.8. The van der Waals surface area contributed by atoms with Crippen molar-refractivity contribution in [2.24, 2.45) is 5.10 Å². The maximum absolute atomic E-state index is 11.6. The van der Waals surface area contributed by atoms with Gasteiger partial charge >= 0.3 is 5.97 Å². The summed E-state index contributed by atoms with van der Waals surface area (Å²) in [7, 11) is 0. The number of carbonyl (C=O) groups excluding carboxylic acids is 1. The van der Waals surface area contributed by atoms with Gasteiger partial charge in [-0.25, -0.2) is 4.79 Å². The standard InChI is InChI=1S/C25H31N3O4S/c1-7-30-22(29)14-31-18-8-9-21-19(12-18)20(13-25(5,6)32-21)27-28-24(33)26-23-16(3)10-15(2)11-17(23)4/h8-12H,7,13-14H2,1-6H3,(H2,26,28,33)/b27-20+. The Bertz CT molecular complexity index is 1070. The van der Waals surface area contributed by atoms with Gasteiger partial charge in [0.2, 0.25) is 0 Å². The summed E-state index contributed by atoms with van der Waals surface area (Å²) in [5, 5.41) is 8.25. The molecule has 0 aromatic heterocycles. The molecule has 2 aromatic rings. The number of anilines is 1. The predicted octanol–water partition coefficient (Wildman–Crippen LogP) is 4.81. The molecule has 1 heterocycles. The van der Waals surface area contributed by atoms with Crippen LogP contribution in [0.4, 0.5) is 5.69 Å². The second-order valence-corrected chi connectivity index (χ2v) is 9.10. The molecular formula is C25H31N3O4S. The second kappa shape index (κ2) is 10.2. The number of hydrogen-bond donors (Lipinski definition) is 2. The molecule has 0 spiro atoms. The molecule has 0 fully saturated rings. The van der Waals surface area contributed by atoms with Crippen molar-refractivity contribution in [1.29, 1.82) is 0 Å². The zero-order chi connectivity index (χ0) is 24.2. The normalized spacial score (nSPS) is 15.3. The Morgan fingerprint density at radius 1 is 1.18 bits per heavy atom. The third-order valence-corrected chi connectivity index (χ3v) is 5.30. The molecule has 176 valence electrons. The van der Waals surface area contributed by atoms with E-state index in [2.05, 4.69) is 34.9 Å². The molecule has 0 amide bonds.